The van der Waals surface area contributed by atoms with E-state index in [1.165, 1.54) is 0 Å². The van der Waals surface area contributed by atoms with Crippen molar-refractivity contribution in [1.82, 2.24) is 30.0 Å². The van der Waals surface area contributed by atoms with E-state index in [1.54, 1.807) is 24.3 Å². The molecule has 0 saturated carbocycles. The number of aliphatic imine (C=N–C) groups is 1. The summed E-state index contributed by atoms with van der Waals surface area (Å²) < 4.78 is 7.69. The monoisotopic (exact) mass is 373 g/mol. The third-order valence-electron chi connectivity index (χ3n) is 4.13. The lowest BCUT2D eigenvalue weighted by Gasteiger charge is -2.21. The number of hydrogen-bond acceptors (Lipinski definition) is 5. The number of ether oxygens (including phenoxy) is 1. The summed E-state index contributed by atoms with van der Waals surface area (Å²) in [5, 5.41) is 7.46. The minimum Gasteiger partial charge on any atom is -0.475 e. The average molecular weight is 374 g/mol. The molecule has 0 aromatic carbocycles. The summed E-state index contributed by atoms with van der Waals surface area (Å²) in [7, 11) is 5.62. The highest BCUT2D eigenvalue weighted by molar-refractivity contribution is 5.79. The zero-order valence-electron chi connectivity index (χ0n) is 17.2. The van der Waals surface area contributed by atoms with Crippen LogP contribution in [0.25, 0.3) is 0 Å². The van der Waals surface area contributed by atoms with E-state index in [4.69, 9.17) is 4.74 Å². The molecule has 1 N–H and O–H groups in total. The van der Waals surface area contributed by atoms with Crippen molar-refractivity contribution in [2.45, 2.75) is 46.4 Å². The van der Waals surface area contributed by atoms with E-state index >= 15 is 0 Å². The van der Waals surface area contributed by atoms with Crippen LogP contribution in [0.2, 0.25) is 0 Å². The number of aryl methyl sites for hydroxylation is 1. The molecule has 2 aromatic rings. The van der Waals surface area contributed by atoms with Crippen molar-refractivity contribution < 1.29 is 4.74 Å². The Balaban J connectivity index is 1.92. The van der Waals surface area contributed by atoms with Crippen LogP contribution in [0.1, 0.15) is 38.6 Å². The van der Waals surface area contributed by atoms with Crippen LogP contribution in [0.5, 0.6) is 5.88 Å². The quantitative estimate of drug-likeness (QED) is 0.565. The van der Waals surface area contributed by atoms with Gasteiger partial charge in [0.25, 0.3) is 0 Å². The summed E-state index contributed by atoms with van der Waals surface area (Å²) in [4.78, 5) is 14.9. The Morgan fingerprint density at radius 1 is 1.33 bits per heavy atom. The van der Waals surface area contributed by atoms with Crippen molar-refractivity contribution >= 4 is 5.96 Å². The second kappa shape index (κ2) is 9.89. The first-order valence-electron chi connectivity index (χ1n) is 9.25. The first-order valence-corrected chi connectivity index (χ1v) is 9.25. The van der Waals surface area contributed by atoms with Gasteiger partial charge in [0, 0.05) is 40.0 Å². The third-order valence-corrected chi connectivity index (χ3v) is 4.13. The van der Waals surface area contributed by atoms with Gasteiger partial charge in [0.15, 0.2) is 5.96 Å². The summed E-state index contributed by atoms with van der Waals surface area (Å²) >= 11 is 0. The molecule has 0 radical (unpaired) electrons. The average Bonchev–Trinajstić information content (AvgIpc) is 2.99. The third kappa shape index (κ3) is 6.54. The van der Waals surface area contributed by atoms with Gasteiger partial charge in [-0.1, -0.05) is 13.8 Å². The van der Waals surface area contributed by atoms with Gasteiger partial charge in [-0.2, -0.15) is 5.10 Å². The minimum atomic E-state index is 0.144. The Hall–Kier alpha value is -2.64. The fourth-order valence-electron chi connectivity index (χ4n) is 2.86. The van der Waals surface area contributed by atoms with Crippen LogP contribution in [-0.4, -0.2) is 50.8 Å². The first kappa shape index (κ1) is 20.7. The SMILES string of the molecule is CN=C(NCc1ccnc(OC(C)CC(C)C)c1)N(C)Cc1ncnn1C. The Bertz CT molecular complexity index is 741. The lowest BCUT2D eigenvalue weighted by atomic mass is 10.1. The lowest BCUT2D eigenvalue weighted by Crippen LogP contribution is -2.38. The highest BCUT2D eigenvalue weighted by Crippen LogP contribution is 2.15. The molecule has 0 spiro atoms. The maximum absolute atomic E-state index is 5.93. The zero-order valence-corrected chi connectivity index (χ0v) is 17.2. The van der Waals surface area contributed by atoms with Gasteiger partial charge in [0.1, 0.15) is 12.2 Å². The molecule has 148 valence electrons. The molecular formula is C19H31N7O. The second-order valence-electron chi connectivity index (χ2n) is 7.12. The predicted molar refractivity (Wildman–Crippen MR) is 106 cm³/mol. The summed E-state index contributed by atoms with van der Waals surface area (Å²) in [5.74, 6) is 2.91. The Morgan fingerprint density at radius 3 is 2.74 bits per heavy atom. The van der Waals surface area contributed by atoms with E-state index in [-0.39, 0.29) is 6.10 Å². The maximum Gasteiger partial charge on any atom is 0.213 e. The van der Waals surface area contributed by atoms with E-state index in [2.05, 4.69) is 46.1 Å². The predicted octanol–water partition coefficient (Wildman–Crippen LogP) is 2.23. The highest BCUT2D eigenvalue weighted by Gasteiger charge is 2.11. The van der Waals surface area contributed by atoms with E-state index in [0.717, 1.165) is 23.8 Å². The van der Waals surface area contributed by atoms with Gasteiger partial charge in [-0.25, -0.2) is 9.97 Å². The van der Waals surface area contributed by atoms with Gasteiger partial charge in [0.05, 0.1) is 12.6 Å². The number of nitrogens with one attached hydrogen (secondary N) is 1. The number of hydrogen-bond donors (Lipinski definition) is 1. The summed E-state index contributed by atoms with van der Waals surface area (Å²) in [6.07, 6.45) is 4.48. The Morgan fingerprint density at radius 2 is 2.11 bits per heavy atom. The smallest absolute Gasteiger partial charge is 0.213 e. The zero-order chi connectivity index (χ0) is 19.8. The van der Waals surface area contributed by atoms with Crippen LogP contribution in [0, 0.1) is 5.92 Å². The normalized spacial score (nSPS) is 12.9. The Labute approximate surface area is 161 Å². The molecule has 2 aromatic heterocycles. The van der Waals surface area contributed by atoms with Crippen LogP contribution in [0.4, 0.5) is 0 Å². The first-order chi connectivity index (χ1) is 12.9. The van der Waals surface area contributed by atoms with Gasteiger partial charge >= 0.3 is 0 Å². The molecule has 0 aliphatic carbocycles. The summed E-state index contributed by atoms with van der Waals surface area (Å²) in [5.41, 5.74) is 1.09. The second-order valence-corrected chi connectivity index (χ2v) is 7.12. The molecule has 1 atom stereocenters. The molecule has 1 unspecified atom stereocenters. The number of guanidine groups is 1. The molecule has 27 heavy (non-hydrogen) atoms. The molecule has 0 fully saturated rings. The lowest BCUT2D eigenvalue weighted by molar-refractivity contribution is 0.185. The number of pyridine rings is 1. The van der Waals surface area contributed by atoms with Crippen molar-refractivity contribution in [1.29, 1.82) is 0 Å². The van der Waals surface area contributed by atoms with E-state index in [0.29, 0.717) is 24.9 Å². The molecule has 8 heteroatoms. The molecule has 0 saturated heterocycles. The van der Waals surface area contributed by atoms with E-state index < -0.39 is 0 Å². The molecule has 0 bridgehead atoms. The Kier molecular flexibility index (Phi) is 7.57. The number of nitrogens with zero attached hydrogens (tertiary/aromatic N) is 6. The van der Waals surface area contributed by atoms with Crippen molar-refractivity contribution in [2.75, 3.05) is 14.1 Å². The standard InChI is InChI=1S/C19H31N7O/c1-14(2)9-15(3)27-18-10-16(7-8-21-18)11-22-19(20-4)25(5)12-17-23-13-24-26(17)6/h7-8,10,13-15H,9,11-12H2,1-6H3,(H,20,22). The molecule has 0 amide bonds. The molecule has 2 heterocycles. The van der Waals surface area contributed by atoms with Gasteiger partial charge in [0.2, 0.25) is 5.88 Å². The fourth-order valence-corrected chi connectivity index (χ4v) is 2.86. The largest absolute Gasteiger partial charge is 0.475 e. The van der Waals surface area contributed by atoms with Gasteiger partial charge < -0.3 is 15.0 Å². The van der Waals surface area contributed by atoms with Crippen LogP contribution < -0.4 is 10.1 Å². The van der Waals surface area contributed by atoms with Crippen LogP contribution >= 0.6 is 0 Å². The highest BCUT2D eigenvalue weighted by atomic mass is 16.5. The van der Waals surface area contributed by atoms with Crippen molar-refractivity contribution in [2.24, 2.45) is 18.0 Å². The van der Waals surface area contributed by atoms with Gasteiger partial charge in [-0.3, -0.25) is 9.67 Å². The topological polar surface area (TPSA) is 80.5 Å². The van der Waals surface area contributed by atoms with Crippen molar-refractivity contribution in [3.63, 3.8) is 0 Å². The summed E-state index contributed by atoms with van der Waals surface area (Å²) in [6, 6.07) is 3.95. The molecule has 0 aliphatic heterocycles. The van der Waals surface area contributed by atoms with E-state index in [1.807, 2.05) is 31.1 Å². The maximum atomic E-state index is 5.93. The van der Waals surface area contributed by atoms with Crippen LogP contribution in [0.15, 0.2) is 29.6 Å². The van der Waals surface area contributed by atoms with E-state index in [9.17, 15) is 0 Å². The van der Waals surface area contributed by atoms with Crippen LogP contribution in [-0.2, 0) is 20.1 Å². The molecular weight excluding hydrogens is 342 g/mol. The van der Waals surface area contributed by atoms with Gasteiger partial charge in [-0.15, -0.1) is 0 Å². The van der Waals surface area contributed by atoms with Crippen molar-refractivity contribution in [3.05, 3.63) is 36.0 Å². The fraction of sp³-hybridized carbons (Fsp3) is 0.579. The minimum absolute atomic E-state index is 0.144. The molecule has 0 aliphatic rings. The van der Waals surface area contributed by atoms with Crippen LogP contribution in [0.3, 0.4) is 0 Å². The van der Waals surface area contributed by atoms with Gasteiger partial charge in [-0.05, 0) is 30.9 Å². The number of rotatable bonds is 8. The molecule has 8 nitrogen and oxygen atoms in total. The number of aromatic nitrogens is 4. The molecule has 2 rings (SSSR count). The summed E-state index contributed by atoms with van der Waals surface area (Å²) in [6.45, 7) is 7.71. The van der Waals surface area contributed by atoms with Crippen molar-refractivity contribution in [3.8, 4) is 5.88 Å².